The van der Waals surface area contributed by atoms with Gasteiger partial charge in [-0.3, -0.25) is 4.79 Å². The zero-order valence-corrected chi connectivity index (χ0v) is 9.85. The fourth-order valence-electron chi connectivity index (χ4n) is 1.71. The molecule has 0 aromatic heterocycles. The van der Waals surface area contributed by atoms with E-state index >= 15 is 0 Å². The molecule has 0 saturated carbocycles. The molecule has 0 bridgehead atoms. The first-order valence-electron chi connectivity index (χ1n) is 5.75. The molecule has 17 heavy (non-hydrogen) atoms. The maximum Gasteiger partial charge on any atom is 0.216 e. The van der Waals surface area contributed by atoms with Crippen molar-refractivity contribution in [3.05, 3.63) is 35.4 Å². The van der Waals surface area contributed by atoms with Gasteiger partial charge < -0.3 is 10.5 Å². The number of aliphatic imine (C=N–C) groups is 1. The summed E-state index contributed by atoms with van der Waals surface area (Å²) in [5.41, 5.74) is 6.95. The molecule has 4 heteroatoms. The third kappa shape index (κ3) is 2.71. The largest absolute Gasteiger partial charge is 0.475 e. The van der Waals surface area contributed by atoms with Crippen molar-refractivity contribution in [1.29, 1.82) is 0 Å². The molecule has 0 aliphatic carbocycles. The van der Waals surface area contributed by atoms with Gasteiger partial charge in [0.2, 0.25) is 5.90 Å². The summed E-state index contributed by atoms with van der Waals surface area (Å²) >= 11 is 0. The van der Waals surface area contributed by atoms with E-state index < -0.39 is 0 Å². The van der Waals surface area contributed by atoms with Crippen molar-refractivity contribution in [1.82, 2.24) is 0 Å². The Kier molecular flexibility index (Phi) is 3.54. The highest BCUT2D eigenvalue weighted by atomic mass is 16.5. The second kappa shape index (κ2) is 5.10. The topological polar surface area (TPSA) is 64.7 Å². The van der Waals surface area contributed by atoms with Crippen LogP contribution in [0.5, 0.6) is 0 Å². The summed E-state index contributed by atoms with van der Waals surface area (Å²) in [6.45, 7) is 3.02. The number of Topliss-reactive ketones (excluding diaryl/α,β-unsaturated/α-hetero) is 1. The number of hydrogen-bond acceptors (Lipinski definition) is 4. The van der Waals surface area contributed by atoms with Crippen LogP contribution in [0.15, 0.2) is 29.3 Å². The molecule has 90 valence electrons. The molecule has 1 aromatic carbocycles. The lowest BCUT2D eigenvalue weighted by molar-refractivity contribution is 0.0985. The quantitative estimate of drug-likeness (QED) is 0.798. The summed E-state index contributed by atoms with van der Waals surface area (Å²) in [7, 11) is 0. The Bertz CT molecular complexity index is 437. The Morgan fingerprint density at radius 3 is 2.71 bits per heavy atom. The first-order valence-corrected chi connectivity index (χ1v) is 5.75. The SMILES string of the molecule is CC1COC(c2ccc(C(=O)CCN)cc2)=N1. The zero-order valence-electron chi connectivity index (χ0n) is 9.85. The van der Waals surface area contributed by atoms with Crippen LogP contribution >= 0.6 is 0 Å². The summed E-state index contributed by atoms with van der Waals surface area (Å²) in [5, 5.41) is 0. The number of carbonyl (C=O) groups is 1. The van der Waals surface area contributed by atoms with Crippen molar-refractivity contribution in [2.24, 2.45) is 10.7 Å². The number of ketones is 1. The van der Waals surface area contributed by atoms with Gasteiger partial charge in [-0.1, -0.05) is 12.1 Å². The molecule has 2 N–H and O–H groups in total. The molecule has 0 fully saturated rings. The predicted molar refractivity (Wildman–Crippen MR) is 66.4 cm³/mol. The Morgan fingerprint density at radius 2 is 2.18 bits per heavy atom. The predicted octanol–water partition coefficient (Wildman–Crippen LogP) is 1.38. The molecular weight excluding hydrogens is 216 g/mol. The van der Waals surface area contributed by atoms with Crippen molar-refractivity contribution in [2.45, 2.75) is 19.4 Å². The summed E-state index contributed by atoms with van der Waals surface area (Å²) in [6, 6.07) is 7.52. The Labute approximate surface area is 100 Å². The lowest BCUT2D eigenvalue weighted by Crippen LogP contribution is -2.08. The Hall–Kier alpha value is -1.68. The number of nitrogens with two attached hydrogens (primary N) is 1. The minimum absolute atomic E-state index is 0.0710. The lowest BCUT2D eigenvalue weighted by Gasteiger charge is -2.03. The molecule has 1 unspecified atom stereocenters. The van der Waals surface area contributed by atoms with Crippen LogP contribution in [-0.2, 0) is 4.74 Å². The second-order valence-electron chi connectivity index (χ2n) is 4.13. The van der Waals surface area contributed by atoms with Gasteiger partial charge in [0.15, 0.2) is 5.78 Å². The van der Waals surface area contributed by atoms with Crippen LogP contribution < -0.4 is 5.73 Å². The lowest BCUT2D eigenvalue weighted by atomic mass is 10.1. The van der Waals surface area contributed by atoms with Gasteiger partial charge in [0.05, 0.1) is 6.04 Å². The van der Waals surface area contributed by atoms with Gasteiger partial charge in [0.25, 0.3) is 0 Å². The molecule has 2 rings (SSSR count). The highest BCUT2D eigenvalue weighted by molar-refractivity contribution is 5.99. The average Bonchev–Trinajstić information content (AvgIpc) is 2.76. The second-order valence-corrected chi connectivity index (χ2v) is 4.13. The summed E-state index contributed by atoms with van der Waals surface area (Å²) in [6.07, 6.45) is 0.383. The number of ether oxygens (including phenoxy) is 1. The number of rotatable bonds is 4. The Balaban J connectivity index is 2.13. The monoisotopic (exact) mass is 232 g/mol. The maximum atomic E-state index is 11.6. The van der Waals surface area contributed by atoms with E-state index in [1.165, 1.54) is 0 Å². The van der Waals surface area contributed by atoms with Crippen LogP contribution in [0.3, 0.4) is 0 Å². The average molecular weight is 232 g/mol. The number of carbonyl (C=O) groups excluding carboxylic acids is 1. The molecule has 0 amide bonds. The van der Waals surface area contributed by atoms with Gasteiger partial charge in [0.1, 0.15) is 6.61 Å². The van der Waals surface area contributed by atoms with Crippen LogP contribution in [0.2, 0.25) is 0 Å². The van der Waals surface area contributed by atoms with E-state index in [1.54, 1.807) is 12.1 Å². The third-order valence-electron chi connectivity index (χ3n) is 2.62. The number of hydrogen-bond donors (Lipinski definition) is 1. The smallest absolute Gasteiger partial charge is 0.216 e. The van der Waals surface area contributed by atoms with Crippen LogP contribution in [-0.4, -0.2) is 30.9 Å². The first kappa shape index (κ1) is 11.8. The minimum Gasteiger partial charge on any atom is -0.475 e. The maximum absolute atomic E-state index is 11.6. The molecule has 0 spiro atoms. The Morgan fingerprint density at radius 1 is 1.47 bits per heavy atom. The number of benzene rings is 1. The fourth-order valence-corrected chi connectivity index (χ4v) is 1.71. The third-order valence-corrected chi connectivity index (χ3v) is 2.62. The minimum atomic E-state index is 0.0710. The highest BCUT2D eigenvalue weighted by Crippen LogP contribution is 2.13. The fraction of sp³-hybridized carbons (Fsp3) is 0.385. The van der Waals surface area contributed by atoms with E-state index in [4.69, 9.17) is 10.5 Å². The van der Waals surface area contributed by atoms with Gasteiger partial charge in [-0.05, 0) is 25.6 Å². The van der Waals surface area contributed by atoms with Gasteiger partial charge in [-0.25, -0.2) is 4.99 Å². The molecule has 1 heterocycles. The van der Waals surface area contributed by atoms with Crippen molar-refractivity contribution >= 4 is 11.7 Å². The van der Waals surface area contributed by atoms with E-state index in [0.717, 1.165) is 5.56 Å². The van der Waals surface area contributed by atoms with Crippen LogP contribution in [0.4, 0.5) is 0 Å². The normalized spacial score (nSPS) is 18.7. The van der Waals surface area contributed by atoms with Crippen LogP contribution in [0, 0.1) is 0 Å². The van der Waals surface area contributed by atoms with Crippen molar-refractivity contribution < 1.29 is 9.53 Å². The molecule has 1 aliphatic heterocycles. The van der Waals surface area contributed by atoms with E-state index in [9.17, 15) is 4.79 Å². The van der Waals surface area contributed by atoms with Crippen LogP contribution in [0.1, 0.15) is 29.3 Å². The molecular formula is C13H16N2O2. The summed E-state index contributed by atoms with van der Waals surface area (Å²) in [4.78, 5) is 15.9. The van der Waals surface area contributed by atoms with Crippen LogP contribution in [0.25, 0.3) is 0 Å². The van der Waals surface area contributed by atoms with Crippen molar-refractivity contribution in [3.8, 4) is 0 Å². The van der Waals surface area contributed by atoms with Gasteiger partial charge in [-0.15, -0.1) is 0 Å². The van der Waals surface area contributed by atoms with E-state index in [-0.39, 0.29) is 11.8 Å². The molecule has 0 saturated heterocycles. The van der Waals surface area contributed by atoms with Crippen molar-refractivity contribution in [2.75, 3.05) is 13.2 Å². The highest BCUT2D eigenvalue weighted by Gasteiger charge is 2.16. The number of nitrogens with zero attached hydrogens (tertiary/aromatic N) is 1. The molecule has 1 aromatic rings. The van der Waals surface area contributed by atoms with Gasteiger partial charge in [0, 0.05) is 17.5 Å². The molecule has 1 atom stereocenters. The van der Waals surface area contributed by atoms with E-state index in [0.29, 0.717) is 31.0 Å². The molecule has 0 radical (unpaired) electrons. The summed E-state index contributed by atoms with van der Waals surface area (Å²) in [5.74, 6) is 0.733. The van der Waals surface area contributed by atoms with E-state index in [1.807, 2.05) is 19.1 Å². The van der Waals surface area contributed by atoms with Gasteiger partial charge >= 0.3 is 0 Å². The molecule has 4 nitrogen and oxygen atoms in total. The zero-order chi connectivity index (χ0) is 12.3. The van der Waals surface area contributed by atoms with E-state index in [2.05, 4.69) is 4.99 Å². The standard InChI is InChI=1S/C13H16N2O2/c1-9-8-17-13(15-9)11-4-2-10(3-5-11)12(16)6-7-14/h2-5,9H,6-8,14H2,1H3. The van der Waals surface area contributed by atoms with Crippen molar-refractivity contribution in [3.63, 3.8) is 0 Å². The van der Waals surface area contributed by atoms with Gasteiger partial charge in [-0.2, -0.15) is 0 Å². The first-order chi connectivity index (χ1) is 8.20. The summed E-state index contributed by atoms with van der Waals surface area (Å²) < 4.78 is 5.44. The molecule has 1 aliphatic rings.